The van der Waals surface area contributed by atoms with Crippen LogP contribution in [0.2, 0.25) is 6.32 Å². The summed E-state index contributed by atoms with van der Waals surface area (Å²) in [5.74, 6) is 0. The van der Waals surface area contributed by atoms with Crippen LogP contribution in [0.1, 0.15) is 0 Å². The zero-order chi connectivity index (χ0) is 4.83. The van der Waals surface area contributed by atoms with E-state index in [1.807, 2.05) is 0 Å². The highest BCUT2D eigenvalue weighted by Gasteiger charge is 1.79. The topological polar surface area (TPSA) is 20.2 Å². The molecule has 0 fully saturated rings. The van der Waals surface area contributed by atoms with Crippen molar-refractivity contribution in [3.05, 3.63) is 0 Å². The van der Waals surface area contributed by atoms with Gasteiger partial charge in [0, 0.05) is 21.4 Å². The average molecular weight is 77.5 g/mol. The van der Waals surface area contributed by atoms with E-state index >= 15 is 0 Å². The van der Waals surface area contributed by atoms with Crippen LogP contribution in [-0.4, -0.2) is 33.7 Å². The van der Waals surface area contributed by atoms with Crippen molar-refractivity contribution >= 4 is 22.0 Å². The molecule has 6 heavy (non-hydrogen) atoms. The lowest BCUT2D eigenvalue weighted by Gasteiger charge is -1.83. The lowest BCUT2D eigenvalue weighted by atomic mass is 9.27. The highest BCUT2D eigenvalue weighted by Crippen LogP contribution is 1.67. The lowest BCUT2D eigenvalue weighted by molar-refractivity contribution is 0.318. The lowest BCUT2D eigenvalue weighted by Crippen LogP contribution is -2.03. The molecule has 0 unspecified atom stereocenters. The maximum atomic E-state index is 8.09. The monoisotopic (exact) mass is 78.1 g/mol. The summed E-state index contributed by atoms with van der Waals surface area (Å²) in [4.78, 5) is 0. The third kappa shape index (κ3) is 4.15. The standard InChI is InChI=1S/C2H5B3O/c3-5-4-1-2-6/h6H,1-2H2. The normalized spacial score (nSPS) is 7.50. The fourth-order valence-corrected chi connectivity index (χ4v) is 0.171. The predicted molar refractivity (Wildman–Crippen MR) is 29.2 cm³/mol. The van der Waals surface area contributed by atoms with Crippen molar-refractivity contribution in [3.63, 3.8) is 0 Å². The smallest absolute Gasteiger partial charge is 0.0574 e. The number of hydrogen-bond acceptors (Lipinski definition) is 1. The first kappa shape index (κ1) is 6.15. The second-order valence-electron chi connectivity index (χ2n) is 0.940. The van der Waals surface area contributed by atoms with Crippen LogP contribution in [0, 0.1) is 0 Å². The molecule has 0 amide bonds. The molecule has 0 aromatic rings. The molecule has 0 aliphatic carbocycles. The molecule has 0 aliphatic rings. The van der Waals surface area contributed by atoms with Gasteiger partial charge in [0.15, 0.2) is 0 Å². The average Bonchev–Trinajstić information content (AvgIpc) is 1.61. The van der Waals surface area contributed by atoms with Crippen LogP contribution >= 0.6 is 0 Å². The first-order valence-corrected chi connectivity index (χ1v) is 1.89. The van der Waals surface area contributed by atoms with Crippen LogP contribution in [0.3, 0.4) is 0 Å². The Labute approximate surface area is 41.0 Å². The van der Waals surface area contributed by atoms with E-state index in [1.165, 1.54) is 7.06 Å². The van der Waals surface area contributed by atoms with Crippen molar-refractivity contribution in [3.8, 4) is 0 Å². The molecule has 0 atom stereocenters. The second-order valence-corrected chi connectivity index (χ2v) is 0.940. The Balaban J connectivity index is 2.34. The van der Waals surface area contributed by atoms with Crippen molar-refractivity contribution < 1.29 is 5.11 Å². The van der Waals surface area contributed by atoms with Crippen LogP contribution in [-0.2, 0) is 0 Å². The fourth-order valence-electron chi connectivity index (χ4n) is 0.171. The van der Waals surface area contributed by atoms with Crippen molar-refractivity contribution in [1.82, 2.24) is 0 Å². The molecule has 0 saturated heterocycles. The Kier molecular flexibility index (Phi) is 5.29. The zero-order valence-corrected chi connectivity index (χ0v) is 3.59. The highest BCUT2D eigenvalue weighted by atomic mass is 16.2. The summed E-state index contributed by atoms with van der Waals surface area (Å²) in [6, 6.07) is 0. The van der Waals surface area contributed by atoms with Gasteiger partial charge in [-0.15, -0.1) is 0 Å². The van der Waals surface area contributed by atoms with Gasteiger partial charge >= 0.3 is 0 Å². The van der Waals surface area contributed by atoms with E-state index in [4.69, 9.17) is 12.8 Å². The van der Waals surface area contributed by atoms with Gasteiger partial charge in [-0.05, 0) is 0 Å². The van der Waals surface area contributed by atoms with Gasteiger partial charge in [0.1, 0.15) is 0 Å². The SMILES string of the molecule is [B][B][B]CCO. The summed E-state index contributed by atoms with van der Waals surface area (Å²) in [5.41, 5.74) is 0. The molecule has 0 spiro atoms. The molecule has 0 aromatic carbocycles. The molecule has 0 heterocycles. The summed E-state index contributed by atoms with van der Waals surface area (Å²) in [5, 5.41) is 8.09. The van der Waals surface area contributed by atoms with E-state index in [-0.39, 0.29) is 6.61 Å². The minimum Gasteiger partial charge on any atom is -0.397 e. The molecule has 0 saturated carbocycles. The largest absolute Gasteiger partial charge is 0.397 e. The van der Waals surface area contributed by atoms with Gasteiger partial charge in [0.05, 0.1) is 7.17 Å². The van der Waals surface area contributed by atoms with Gasteiger partial charge < -0.3 is 5.11 Å². The number of aliphatic hydroxyl groups is 1. The van der Waals surface area contributed by atoms with E-state index in [2.05, 4.69) is 0 Å². The van der Waals surface area contributed by atoms with Crippen molar-refractivity contribution in [2.75, 3.05) is 6.61 Å². The van der Waals surface area contributed by atoms with Gasteiger partial charge in [-0.1, -0.05) is 6.32 Å². The first-order chi connectivity index (χ1) is 2.91. The molecule has 0 bridgehead atoms. The van der Waals surface area contributed by atoms with Crippen molar-refractivity contribution in [2.45, 2.75) is 6.32 Å². The Hall–Kier alpha value is 0.155. The van der Waals surface area contributed by atoms with Crippen LogP contribution in [0.15, 0.2) is 0 Å². The molecule has 4 radical (unpaired) electrons. The molecule has 0 rings (SSSR count). The molecule has 4 heteroatoms. The number of aliphatic hydroxyl groups excluding tert-OH is 1. The van der Waals surface area contributed by atoms with Gasteiger partial charge in [0.25, 0.3) is 0 Å². The minimum atomic E-state index is 0.188. The summed E-state index contributed by atoms with van der Waals surface area (Å²) in [6.07, 6.45) is 0.663. The number of rotatable bonds is 3. The van der Waals surface area contributed by atoms with Gasteiger partial charge in [-0.25, -0.2) is 0 Å². The Bertz CT molecular complexity index is 20.8. The van der Waals surface area contributed by atoms with Gasteiger partial charge in [-0.3, -0.25) is 0 Å². The van der Waals surface area contributed by atoms with E-state index in [0.717, 1.165) is 0 Å². The van der Waals surface area contributed by atoms with E-state index in [0.29, 0.717) is 6.32 Å². The molecule has 1 nitrogen and oxygen atoms in total. The molecule has 0 aromatic heterocycles. The fraction of sp³-hybridized carbons (Fsp3) is 1.00. The molecular formula is C2H5B3O. The van der Waals surface area contributed by atoms with Crippen molar-refractivity contribution in [1.29, 1.82) is 0 Å². The quantitative estimate of drug-likeness (QED) is 0.332. The molecular weight excluding hydrogens is 72.5 g/mol. The van der Waals surface area contributed by atoms with Gasteiger partial charge in [0.2, 0.25) is 0 Å². The van der Waals surface area contributed by atoms with Crippen LogP contribution in [0.5, 0.6) is 0 Å². The third-order valence-corrected chi connectivity index (χ3v) is 0.432. The van der Waals surface area contributed by atoms with Crippen molar-refractivity contribution in [2.24, 2.45) is 0 Å². The number of hydrogen-bond donors (Lipinski definition) is 1. The summed E-state index contributed by atoms with van der Waals surface area (Å²) < 4.78 is 0. The third-order valence-electron chi connectivity index (χ3n) is 0.432. The zero-order valence-electron chi connectivity index (χ0n) is 3.59. The summed E-state index contributed by atoms with van der Waals surface area (Å²) in [6.45, 7) is 0.188. The Morgan fingerprint density at radius 3 is 2.50 bits per heavy atom. The Morgan fingerprint density at radius 2 is 2.33 bits per heavy atom. The maximum Gasteiger partial charge on any atom is 0.0574 e. The molecule has 0 aliphatic heterocycles. The minimum absolute atomic E-state index is 0.188. The van der Waals surface area contributed by atoms with Gasteiger partial charge in [-0.2, -0.15) is 0 Å². The predicted octanol–water partition coefficient (Wildman–Crippen LogP) is -1.20. The van der Waals surface area contributed by atoms with Crippen LogP contribution in [0.25, 0.3) is 0 Å². The maximum absolute atomic E-state index is 8.09. The van der Waals surface area contributed by atoms with E-state index < -0.39 is 0 Å². The van der Waals surface area contributed by atoms with E-state index in [1.54, 1.807) is 7.17 Å². The second kappa shape index (κ2) is 5.15. The summed E-state index contributed by atoms with van der Waals surface area (Å²) >= 11 is 0. The van der Waals surface area contributed by atoms with Crippen LogP contribution in [0.4, 0.5) is 0 Å². The first-order valence-electron chi connectivity index (χ1n) is 1.89. The Morgan fingerprint density at radius 1 is 1.67 bits per heavy atom. The van der Waals surface area contributed by atoms with E-state index in [9.17, 15) is 0 Å². The molecule has 28 valence electrons. The van der Waals surface area contributed by atoms with Crippen LogP contribution < -0.4 is 0 Å². The summed E-state index contributed by atoms with van der Waals surface area (Å²) in [7, 11) is 8.06. The molecule has 1 N–H and O–H groups in total. The highest BCUT2D eigenvalue weighted by molar-refractivity contribution is 7.23.